The number of halogens is 2. The summed E-state index contributed by atoms with van der Waals surface area (Å²) < 4.78 is 19.2. The minimum absolute atomic E-state index is 0.0875. The molecule has 0 fully saturated rings. The summed E-state index contributed by atoms with van der Waals surface area (Å²) in [6.07, 6.45) is 0. The third-order valence-corrected chi connectivity index (χ3v) is 3.09. The average molecular weight is 333 g/mol. The van der Waals surface area contributed by atoms with Crippen LogP contribution in [-0.4, -0.2) is 44.7 Å². The van der Waals surface area contributed by atoms with Gasteiger partial charge in [0.15, 0.2) is 0 Å². The summed E-state index contributed by atoms with van der Waals surface area (Å²) in [6.45, 7) is 1.63. The van der Waals surface area contributed by atoms with E-state index in [-0.39, 0.29) is 24.8 Å². The lowest BCUT2D eigenvalue weighted by Crippen LogP contribution is -2.36. The molecule has 0 unspecified atom stereocenters. The third kappa shape index (κ3) is 5.67. The van der Waals surface area contributed by atoms with Gasteiger partial charge in [0.1, 0.15) is 5.82 Å². The Labute approximate surface area is 121 Å². The van der Waals surface area contributed by atoms with Crippen LogP contribution in [0.4, 0.5) is 4.39 Å². The van der Waals surface area contributed by atoms with Crippen LogP contribution in [0.3, 0.4) is 0 Å². The third-order valence-electron chi connectivity index (χ3n) is 2.60. The molecule has 0 aromatic heterocycles. The summed E-state index contributed by atoms with van der Waals surface area (Å²) in [5.41, 5.74) is 0.488. The highest BCUT2D eigenvalue weighted by molar-refractivity contribution is 9.10. The number of carbonyl (C=O) groups is 1. The van der Waals surface area contributed by atoms with E-state index in [0.717, 1.165) is 4.47 Å². The van der Waals surface area contributed by atoms with Crippen LogP contribution in [-0.2, 0) is 16.1 Å². The van der Waals surface area contributed by atoms with E-state index in [0.29, 0.717) is 18.7 Å². The van der Waals surface area contributed by atoms with Crippen LogP contribution in [0.2, 0.25) is 0 Å². The molecule has 0 atom stereocenters. The maximum absolute atomic E-state index is 13.6. The first-order valence-corrected chi connectivity index (χ1v) is 6.71. The Hall–Kier alpha value is -0.980. The predicted molar refractivity (Wildman–Crippen MR) is 75.3 cm³/mol. The number of hydrogen-bond acceptors (Lipinski definition) is 3. The standard InChI is InChI=1S/C13H18BrFN2O2/c1-17(13(18)8-16-5-6-19-2)9-10-7-11(14)3-4-12(10)15/h3-4,7,16H,5-6,8-9H2,1-2H3. The number of nitrogens with zero attached hydrogens (tertiary/aromatic N) is 1. The predicted octanol–water partition coefficient (Wildman–Crippen LogP) is 1.78. The Morgan fingerprint density at radius 3 is 2.95 bits per heavy atom. The molecule has 106 valence electrons. The molecule has 0 heterocycles. The summed E-state index contributed by atoms with van der Waals surface area (Å²) in [7, 11) is 3.26. The zero-order valence-corrected chi connectivity index (χ0v) is 12.7. The van der Waals surface area contributed by atoms with Crippen molar-refractivity contribution in [3.63, 3.8) is 0 Å². The lowest BCUT2D eigenvalue weighted by atomic mass is 10.2. The van der Waals surface area contributed by atoms with Crippen molar-refractivity contribution < 1.29 is 13.9 Å². The molecule has 1 rings (SSSR count). The molecule has 1 N–H and O–H groups in total. The zero-order chi connectivity index (χ0) is 14.3. The highest BCUT2D eigenvalue weighted by Gasteiger charge is 2.11. The maximum Gasteiger partial charge on any atom is 0.236 e. The smallest absolute Gasteiger partial charge is 0.236 e. The van der Waals surface area contributed by atoms with Gasteiger partial charge in [-0.2, -0.15) is 0 Å². The molecule has 0 spiro atoms. The van der Waals surface area contributed by atoms with Crippen molar-refractivity contribution in [2.75, 3.05) is 33.9 Å². The summed E-state index contributed by atoms with van der Waals surface area (Å²) in [5, 5.41) is 2.96. The molecule has 4 nitrogen and oxygen atoms in total. The van der Waals surface area contributed by atoms with Gasteiger partial charge in [0.2, 0.25) is 5.91 Å². The number of carbonyl (C=O) groups excluding carboxylic acids is 1. The molecule has 0 aliphatic heterocycles. The van der Waals surface area contributed by atoms with E-state index >= 15 is 0 Å². The normalized spacial score (nSPS) is 10.5. The first-order chi connectivity index (χ1) is 9.04. The number of rotatable bonds is 7. The van der Waals surface area contributed by atoms with Crippen LogP contribution in [0, 0.1) is 5.82 Å². The van der Waals surface area contributed by atoms with E-state index in [1.807, 2.05) is 0 Å². The van der Waals surface area contributed by atoms with E-state index in [4.69, 9.17) is 4.74 Å². The number of nitrogens with one attached hydrogen (secondary N) is 1. The maximum atomic E-state index is 13.6. The van der Waals surface area contributed by atoms with Gasteiger partial charge in [0.05, 0.1) is 13.2 Å². The topological polar surface area (TPSA) is 41.6 Å². The molecule has 1 aromatic carbocycles. The Morgan fingerprint density at radius 2 is 2.26 bits per heavy atom. The second kappa shape index (κ2) is 8.24. The zero-order valence-electron chi connectivity index (χ0n) is 11.1. The molecule has 19 heavy (non-hydrogen) atoms. The van der Waals surface area contributed by atoms with Crippen molar-refractivity contribution in [2.45, 2.75) is 6.54 Å². The lowest BCUT2D eigenvalue weighted by molar-refractivity contribution is -0.129. The number of benzene rings is 1. The van der Waals surface area contributed by atoms with Gasteiger partial charge in [-0.3, -0.25) is 4.79 Å². The first-order valence-electron chi connectivity index (χ1n) is 5.92. The molecule has 0 aliphatic rings. The molecular weight excluding hydrogens is 315 g/mol. The summed E-state index contributed by atoms with van der Waals surface area (Å²) in [6, 6.07) is 4.69. The number of likely N-dealkylation sites (N-methyl/N-ethyl adjacent to an activating group) is 1. The van der Waals surface area contributed by atoms with Crippen molar-refractivity contribution in [1.29, 1.82) is 0 Å². The Kier molecular flexibility index (Phi) is 6.97. The van der Waals surface area contributed by atoms with Gasteiger partial charge in [0.25, 0.3) is 0 Å². The first kappa shape index (κ1) is 16.1. The second-order valence-corrected chi connectivity index (χ2v) is 5.07. The van der Waals surface area contributed by atoms with Crippen LogP contribution < -0.4 is 5.32 Å². The van der Waals surface area contributed by atoms with Gasteiger partial charge >= 0.3 is 0 Å². The summed E-state index contributed by atoms with van der Waals surface area (Å²) in [5.74, 6) is -0.398. The second-order valence-electron chi connectivity index (χ2n) is 4.16. The van der Waals surface area contributed by atoms with Crippen LogP contribution in [0.15, 0.2) is 22.7 Å². The highest BCUT2D eigenvalue weighted by Crippen LogP contribution is 2.16. The van der Waals surface area contributed by atoms with Gasteiger partial charge in [-0.05, 0) is 18.2 Å². The molecule has 0 bridgehead atoms. The van der Waals surface area contributed by atoms with E-state index in [9.17, 15) is 9.18 Å². The minimum atomic E-state index is -0.310. The SMILES string of the molecule is COCCNCC(=O)N(C)Cc1cc(Br)ccc1F. The average Bonchev–Trinajstić information content (AvgIpc) is 2.38. The van der Waals surface area contributed by atoms with Crippen LogP contribution in [0.1, 0.15) is 5.56 Å². The molecule has 0 aliphatic carbocycles. The van der Waals surface area contributed by atoms with Crippen LogP contribution in [0.5, 0.6) is 0 Å². The van der Waals surface area contributed by atoms with Crippen LogP contribution >= 0.6 is 15.9 Å². The fourth-order valence-electron chi connectivity index (χ4n) is 1.51. The summed E-state index contributed by atoms with van der Waals surface area (Å²) in [4.78, 5) is 13.3. The lowest BCUT2D eigenvalue weighted by Gasteiger charge is -2.18. The number of methoxy groups -OCH3 is 1. The van der Waals surface area contributed by atoms with E-state index < -0.39 is 0 Å². The summed E-state index contributed by atoms with van der Waals surface area (Å²) >= 11 is 3.29. The largest absolute Gasteiger partial charge is 0.383 e. The number of ether oxygens (including phenoxy) is 1. The van der Waals surface area contributed by atoms with Crippen molar-refractivity contribution in [3.05, 3.63) is 34.1 Å². The van der Waals surface area contributed by atoms with Gasteiger partial charge in [-0.15, -0.1) is 0 Å². The van der Waals surface area contributed by atoms with Crippen molar-refractivity contribution >= 4 is 21.8 Å². The van der Waals surface area contributed by atoms with E-state index in [2.05, 4.69) is 21.2 Å². The molecular formula is C13H18BrFN2O2. The quantitative estimate of drug-likeness (QED) is 0.774. The Balaban J connectivity index is 2.47. The Bertz CT molecular complexity index is 429. The van der Waals surface area contributed by atoms with Gasteiger partial charge in [-0.25, -0.2) is 4.39 Å². The van der Waals surface area contributed by atoms with E-state index in [1.54, 1.807) is 26.3 Å². The monoisotopic (exact) mass is 332 g/mol. The highest BCUT2D eigenvalue weighted by atomic mass is 79.9. The Morgan fingerprint density at radius 1 is 1.53 bits per heavy atom. The van der Waals surface area contributed by atoms with Gasteiger partial charge < -0.3 is 15.0 Å². The van der Waals surface area contributed by atoms with Crippen LogP contribution in [0.25, 0.3) is 0 Å². The van der Waals surface area contributed by atoms with Crippen molar-refractivity contribution in [2.24, 2.45) is 0 Å². The number of amides is 1. The van der Waals surface area contributed by atoms with Crippen molar-refractivity contribution in [1.82, 2.24) is 10.2 Å². The number of hydrogen-bond donors (Lipinski definition) is 1. The molecule has 0 saturated carbocycles. The van der Waals surface area contributed by atoms with Gasteiger partial charge in [-0.1, -0.05) is 15.9 Å². The molecule has 1 aromatic rings. The molecule has 0 radical (unpaired) electrons. The molecule has 6 heteroatoms. The fraction of sp³-hybridized carbons (Fsp3) is 0.462. The fourth-order valence-corrected chi connectivity index (χ4v) is 1.92. The van der Waals surface area contributed by atoms with Crippen molar-refractivity contribution in [3.8, 4) is 0 Å². The van der Waals surface area contributed by atoms with E-state index in [1.165, 1.54) is 11.0 Å². The molecule has 1 amide bonds. The van der Waals surface area contributed by atoms with Gasteiger partial charge in [0, 0.05) is 37.3 Å². The minimum Gasteiger partial charge on any atom is -0.383 e. The molecule has 0 saturated heterocycles.